The predicted octanol–water partition coefficient (Wildman–Crippen LogP) is 2.88. The van der Waals surface area contributed by atoms with Crippen LogP contribution in [0.15, 0.2) is 30.5 Å². The van der Waals surface area contributed by atoms with Crippen LogP contribution in [0.2, 0.25) is 0 Å². The lowest BCUT2D eigenvalue weighted by molar-refractivity contribution is -0.121. The third-order valence-electron chi connectivity index (χ3n) is 2.70. The summed E-state index contributed by atoms with van der Waals surface area (Å²) in [5.74, 6) is -0.0223. The maximum atomic E-state index is 11.9. The summed E-state index contributed by atoms with van der Waals surface area (Å²) in [5.41, 5.74) is 7.28. The number of carbonyl (C=O) groups excluding carboxylic acids is 1. The highest BCUT2D eigenvalue weighted by atomic mass is 35.5. The van der Waals surface area contributed by atoms with Gasteiger partial charge in [-0.2, -0.15) is 0 Å². The van der Waals surface area contributed by atoms with E-state index < -0.39 is 0 Å². The highest BCUT2D eigenvalue weighted by Crippen LogP contribution is 2.19. The van der Waals surface area contributed by atoms with Crippen molar-refractivity contribution in [2.45, 2.75) is 26.3 Å². The Morgan fingerprint density at radius 2 is 2.25 bits per heavy atom. The molecule has 0 aliphatic rings. The quantitative estimate of drug-likeness (QED) is 0.853. The first-order valence-electron chi connectivity index (χ1n) is 6.10. The Morgan fingerprint density at radius 3 is 2.85 bits per heavy atom. The van der Waals surface area contributed by atoms with Crippen LogP contribution in [-0.4, -0.2) is 10.9 Å². The smallest absolute Gasteiger partial charge is 0.224 e. The Bertz CT molecular complexity index is 585. The summed E-state index contributed by atoms with van der Waals surface area (Å²) in [6, 6.07) is 7.31. The van der Waals surface area contributed by atoms with E-state index in [0.717, 1.165) is 15.4 Å². The minimum Gasteiger partial charge on any atom is -0.399 e. The van der Waals surface area contributed by atoms with Gasteiger partial charge in [0.25, 0.3) is 0 Å². The van der Waals surface area contributed by atoms with Crippen molar-refractivity contribution < 1.29 is 4.79 Å². The SMILES string of the molecule is Cc1cnc(C(C)NC(=O)Cc2cccc(N)c2)s1.Cl. The Kier molecular flexibility index (Phi) is 5.98. The van der Waals surface area contributed by atoms with Crippen molar-refractivity contribution in [1.29, 1.82) is 0 Å². The number of hydrogen-bond acceptors (Lipinski definition) is 4. The van der Waals surface area contributed by atoms with Crippen molar-refractivity contribution in [3.63, 3.8) is 0 Å². The fraction of sp³-hybridized carbons (Fsp3) is 0.286. The third kappa shape index (κ3) is 4.51. The fourth-order valence-corrected chi connectivity index (χ4v) is 2.59. The highest BCUT2D eigenvalue weighted by molar-refractivity contribution is 7.11. The second kappa shape index (κ2) is 7.26. The molecule has 2 rings (SSSR count). The van der Waals surface area contributed by atoms with E-state index in [2.05, 4.69) is 10.3 Å². The van der Waals surface area contributed by atoms with Crippen molar-refractivity contribution >= 4 is 35.3 Å². The van der Waals surface area contributed by atoms with Gasteiger partial charge in [-0.3, -0.25) is 4.79 Å². The number of nitrogens with zero attached hydrogens (tertiary/aromatic N) is 1. The van der Waals surface area contributed by atoms with Crippen LogP contribution >= 0.6 is 23.7 Å². The number of halogens is 1. The zero-order chi connectivity index (χ0) is 13.8. The van der Waals surface area contributed by atoms with E-state index in [1.807, 2.05) is 44.3 Å². The minimum absolute atomic E-state index is 0. The molecule has 20 heavy (non-hydrogen) atoms. The van der Waals surface area contributed by atoms with Crippen LogP contribution in [0.5, 0.6) is 0 Å². The van der Waals surface area contributed by atoms with Crippen molar-refractivity contribution in [1.82, 2.24) is 10.3 Å². The number of amides is 1. The summed E-state index contributed by atoms with van der Waals surface area (Å²) in [7, 11) is 0. The van der Waals surface area contributed by atoms with E-state index >= 15 is 0 Å². The number of hydrogen-bond donors (Lipinski definition) is 2. The fourth-order valence-electron chi connectivity index (χ4n) is 1.82. The van der Waals surface area contributed by atoms with Gasteiger partial charge in [0.2, 0.25) is 5.91 Å². The Labute approximate surface area is 128 Å². The number of carbonyl (C=O) groups is 1. The minimum atomic E-state index is -0.0627. The summed E-state index contributed by atoms with van der Waals surface area (Å²) in [5, 5.41) is 3.87. The van der Waals surface area contributed by atoms with Gasteiger partial charge in [0, 0.05) is 16.8 Å². The molecule has 1 atom stereocenters. The van der Waals surface area contributed by atoms with Crippen LogP contribution in [0.3, 0.4) is 0 Å². The number of nitrogens with one attached hydrogen (secondary N) is 1. The molecule has 3 N–H and O–H groups in total. The predicted molar refractivity (Wildman–Crippen MR) is 85.2 cm³/mol. The lowest BCUT2D eigenvalue weighted by Crippen LogP contribution is -2.28. The van der Waals surface area contributed by atoms with E-state index in [1.165, 1.54) is 0 Å². The molecule has 0 aliphatic carbocycles. The number of nitrogens with two attached hydrogens (primary N) is 1. The maximum absolute atomic E-state index is 11.9. The normalized spacial score (nSPS) is 11.5. The van der Waals surface area contributed by atoms with Gasteiger partial charge in [0.1, 0.15) is 5.01 Å². The molecule has 6 heteroatoms. The van der Waals surface area contributed by atoms with Gasteiger partial charge in [-0.25, -0.2) is 4.98 Å². The summed E-state index contributed by atoms with van der Waals surface area (Å²) in [4.78, 5) is 17.4. The largest absolute Gasteiger partial charge is 0.399 e. The van der Waals surface area contributed by atoms with Crippen LogP contribution in [0.4, 0.5) is 5.69 Å². The average Bonchev–Trinajstić information content (AvgIpc) is 2.75. The highest BCUT2D eigenvalue weighted by Gasteiger charge is 2.12. The Balaban J connectivity index is 0.00000200. The van der Waals surface area contributed by atoms with E-state index in [0.29, 0.717) is 12.1 Å². The maximum Gasteiger partial charge on any atom is 0.224 e. The van der Waals surface area contributed by atoms with Crippen LogP contribution in [0, 0.1) is 6.92 Å². The second-order valence-electron chi connectivity index (χ2n) is 4.52. The van der Waals surface area contributed by atoms with Crippen LogP contribution < -0.4 is 11.1 Å². The van der Waals surface area contributed by atoms with Gasteiger partial charge in [0.15, 0.2) is 0 Å². The number of rotatable bonds is 4. The molecule has 108 valence electrons. The van der Waals surface area contributed by atoms with Gasteiger partial charge < -0.3 is 11.1 Å². The zero-order valence-corrected chi connectivity index (χ0v) is 13.1. The number of benzene rings is 1. The molecular weight excluding hydrogens is 294 g/mol. The third-order valence-corrected chi connectivity index (χ3v) is 3.80. The number of nitrogen functional groups attached to an aromatic ring is 1. The van der Waals surface area contributed by atoms with E-state index in [9.17, 15) is 4.79 Å². The Morgan fingerprint density at radius 1 is 1.50 bits per heavy atom. The molecule has 0 saturated carbocycles. The second-order valence-corrected chi connectivity index (χ2v) is 5.79. The first-order chi connectivity index (χ1) is 9.04. The summed E-state index contributed by atoms with van der Waals surface area (Å²) >= 11 is 1.60. The summed E-state index contributed by atoms with van der Waals surface area (Å²) in [6.07, 6.45) is 2.15. The van der Waals surface area contributed by atoms with Crippen LogP contribution in [0.25, 0.3) is 0 Å². The average molecular weight is 312 g/mol. The molecule has 1 aromatic carbocycles. The molecule has 4 nitrogen and oxygen atoms in total. The van der Waals surface area contributed by atoms with Crippen molar-refractivity contribution in [3.8, 4) is 0 Å². The number of anilines is 1. The van der Waals surface area contributed by atoms with E-state index in [4.69, 9.17) is 5.73 Å². The summed E-state index contributed by atoms with van der Waals surface area (Å²) < 4.78 is 0. The Hall–Kier alpha value is -1.59. The van der Waals surface area contributed by atoms with Crippen molar-refractivity contribution in [2.75, 3.05) is 5.73 Å². The molecule has 1 heterocycles. The van der Waals surface area contributed by atoms with Crippen molar-refractivity contribution in [2.24, 2.45) is 0 Å². The first kappa shape index (κ1) is 16.5. The number of aromatic nitrogens is 1. The summed E-state index contributed by atoms with van der Waals surface area (Å²) in [6.45, 7) is 3.94. The monoisotopic (exact) mass is 311 g/mol. The number of thiazole rings is 1. The van der Waals surface area contributed by atoms with Gasteiger partial charge in [0.05, 0.1) is 12.5 Å². The standard InChI is InChI=1S/C14H17N3OS.ClH/c1-9-8-16-14(19-9)10(2)17-13(18)7-11-4-3-5-12(15)6-11;/h3-6,8,10H,7,15H2,1-2H3,(H,17,18);1H. The number of aryl methyl sites for hydroxylation is 1. The van der Waals surface area contributed by atoms with E-state index in [-0.39, 0.29) is 24.4 Å². The lowest BCUT2D eigenvalue weighted by Gasteiger charge is -2.11. The first-order valence-corrected chi connectivity index (χ1v) is 6.92. The molecule has 0 aliphatic heterocycles. The van der Waals surface area contributed by atoms with Gasteiger partial charge in [-0.1, -0.05) is 12.1 Å². The molecular formula is C14H18ClN3OS. The van der Waals surface area contributed by atoms with Crippen LogP contribution in [0.1, 0.15) is 28.4 Å². The molecule has 0 bridgehead atoms. The molecule has 0 radical (unpaired) electrons. The molecule has 1 unspecified atom stereocenters. The molecule has 2 aromatic rings. The van der Waals surface area contributed by atoms with Gasteiger partial charge >= 0.3 is 0 Å². The topological polar surface area (TPSA) is 68.0 Å². The lowest BCUT2D eigenvalue weighted by atomic mass is 10.1. The van der Waals surface area contributed by atoms with Crippen molar-refractivity contribution in [3.05, 3.63) is 45.9 Å². The van der Waals surface area contributed by atoms with Crippen LogP contribution in [-0.2, 0) is 11.2 Å². The van der Waals surface area contributed by atoms with E-state index in [1.54, 1.807) is 11.3 Å². The molecule has 0 fully saturated rings. The molecule has 0 spiro atoms. The zero-order valence-electron chi connectivity index (χ0n) is 11.4. The molecule has 1 amide bonds. The van der Waals surface area contributed by atoms with Gasteiger partial charge in [-0.15, -0.1) is 23.7 Å². The molecule has 0 saturated heterocycles. The van der Waals surface area contributed by atoms with Gasteiger partial charge in [-0.05, 0) is 31.5 Å². The molecule has 1 aromatic heterocycles.